The van der Waals surface area contributed by atoms with E-state index in [-0.39, 0.29) is 17.9 Å². The van der Waals surface area contributed by atoms with E-state index >= 15 is 0 Å². The van der Waals surface area contributed by atoms with Gasteiger partial charge in [-0.3, -0.25) is 19.8 Å². The summed E-state index contributed by atoms with van der Waals surface area (Å²) in [7, 11) is 0. The molecule has 1 aromatic carbocycles. The number of aliphatic hydroxyl groups excluding tert-OH is 1. The molecular formula is C14H19N3O4. The molecule has 2 rings (SSSR count). The highest BCUT2D eigenvalue weighted by Gasteiger charge is 2.25. The summed E-state index contributed by atoms with van der Waals surface area (Å²) in [5.41, 5.74) is 5.80. The molecule has 0 aliphatic carbocycles. The van der Waals surface area contributed by atoms with Gasteiger partial charge in [0.1, 0.15) is 0 Å². The number of nitro groups is 1. The van der Waals surface area contributed by atoms with Crippen LogP contribution in [-0.4, -0.2) is 40.5 Å². The van der Waals surface area contributed by atoms with Crippen molar-refractivity contribution in [3.05, 3.63) is 39.4 Å². The smallest absolute Gasteiger partial charge is 0.274 e. The van der Waals surface area contributed by atoms with E-state index in [0.717, 1.165) is 25.9 Å². The quantitative estimate of drug-likeness (QED) is 0.598. The number of nitro benzene ring substituents is 1. The van der Waals surface area contributed by atoms with Crippen molar-refractivity contribution in [1.82, 2.24) is 4.90 Å². The molecule has 3 N–H and O–H groups in total. The molecule has 1 heterocycles. The maximum absolute atomic E-state index is 11.1. The van der Waals surface area contributed by atoms with Gasteiger partial charge in [0.25, 0.3) is 5.69 Å². The van der Waals surface area contributed by atoms with Crippen LogP contribution in [0, 0.1) is 16.0 Å². The van der Waals surface area contributed by atoms with E-state index in [2.05, 4.69) is 4.90 Å². The van der Waals surface area contributed by atoms with Crippen LogP contribution in [0.2, 0.25) is 0 Å². The minimum atomic E-state index is -0.672. The van der Waals surface area contributed by atoms with Crippen molar-refractivity contribution >= 4 is 11.6 Å². The molecule has 1 unspecified atom stereocenters. The van der Waals surface area contributed by atoms with Crippen LogP contribution in [0.15, 0.2) is 18.2 Å². The Morgan fingerprint density at radius 2 is 2.29 bits per heavy atom. The first kappa shape index (κ1) is 15.4. The molecule has 1 aliphatic heterocycles. The minimum absolute atomic E-state index is 0.0723. The molecule has 1 aromatic rings. The van der Waals surface area contributed by atoms with Crippen LogP contribution < -0.4 is 5.73 Å². The molecule has 7 nitrogen and oxygen atoms in total. The lowest BCUT2D eigenvalue weighted by molar-refractivity contribution is -0.385. The average molecular weight is 293 g/mol. The zero-order valence-corrected chi connectivity index (χ0v) is 11.7. The van der Waals surface area contributed by atoms with Gasteiger partial charge in [0, 0.05) is 36.9 Å². The van der Waals surface area contributed by atoms with Gasteiger partial charge in [0.2, 0.25) is 5.91 Å². The highest BCUT2D eigenvalue weighted by molar-refractivity contribution is 5.93. The lowest BCUT2D eigenvalue weighted by atomic mass is 10.1. The Balaban J connectivity index is 2.13. The number of benzene rings is 1. The monoisotopic (exact) mass is 293 g/mol. The van der Waals surface area contributed by atoms with E-state index in [0.29, 0.717) is 18.0 Å². The third-order valence-electron chi connectivity index (χ3n) is 3.87. The number of nitrogens with zero attached hydrogens (tertiary/aromatic N) is 2. The SMILES string of the molecule is NC(=O)c1ccc(CN2CCC(CCO)C2)c([N+](=O)[O-])c1. The fourth-order valence-corrected chi connectivity index (χ4v) is 2.74. The maximum Gasteiger partial charge on any atom is 0.274 e. The summed E-state index contributed by atoms with van der Waals surface area (Å²) in [6.07, 6.45) is 1.76. The summed E-state index contributed by atoms with van der Waals surface area (Å²) in [5, 5.41) is 20.1. The van der Waals surface area contributed by atoms with E-state index < -0.39 is 10.8 Å². The Bertz CT molecular complexity index is 547. The number of nitrogens with two attached hydrogens (primary N) is 1. The Morgan fingerprint density at radius 1 is 1.52 bits per heavy atom. The molecule has 0 aromatic heterocycles. The number of aliphatic hydroxyl groups is 1. The second-order valence-corrected chi connectivity index (χ2v) is 5.37. The fraction of sp³-hybridized carbons (Fsp3) is 0.500. The van der Waals surface area contributed by atoms with E-state index in [1.807, 2.05) is 0 Å². The average Bonchev–Trinajstić information content (AvgIpc) is 2.86. The van der Waals surface area contributed by atoms with Crippen LogP contribution in [0.1, 0.15) is 28.8 Å². The Labute approximate surface area is 122 Å². The molecule has 1 amide bonds. The molecule has 1 fully saturated rings. The number of carbonyl (C=O) groups is 1. The zero-order valence-electron chi connectivity index (χ0n) is 11.7. The fourth-order valence-electron chi connectivity index (χ4n) is 2.74. The van der Waals surface area contributed by atoms with Gasteiger partial charge in [-0.1, -0.05) is 6.07 Å². The first-order valence-electron chi connectivity index (χ1n) is 6.91. The number of amides is 1. The highest BCUT2D eigenvalue weighted by atomic mass is 16.6. The number of primary amides is 1. The molecule has 1 atom stereocenters. The standard InChI is InChI=1S/C14H19N3O4/c15-14(19)11-1-2-12(13(7-11)17(20)21)9-16-5-3-10(8-16)4-6-18/h1-2,7,10,18H,3-6,8-9H2,(H2,15,19). The molecule has 0 spiro atoms. The summed E-state index contributed by atoms with van der Waals surface area (Å²) in [4.78, 5) is 23.9. The summed E-state index contributed by atoms with van der Waals surface area (Å²) >= 11 is 0. The Hall–Kier alpha value is -1.99. The third kappa shape index (κ3) is 3.77. The molecule has 0 saturated carbocycles. The summed E-state index contributed by atoms with van der Waals surface area (Å²) in [6, 6.07) is 4.35. The van der Waals surface area contributed by atoms with E-state index in [9.17, 15) is 14.9 Å². The summed E-state index contributed by atoms with van der Waals surface area (Å²) < 4.78 is 0. The normalized spacial score (nSPS) is 18.8. The molecule has 7 heteroatoms. The van der Waals surface area contributed by atoms with Gasteiger partial charge in [-0.05, 0) is 31.4 Å². The van der Waals surface area contributed by atoms with Crippen LogP contribution in [-0.2, 0) is 6.54 Å². The predicted molar refractivity (Wildman–Crippen MR) is 76.7 cm³/mol. The van der Waals surface area contributed by atoms with Gasteiger partial charge in [0.15, 0.2) is 0 Å². The molecule has 114 valence electrons. The molecule has 21 heavy (non-hydrogen) atoms. The van der Waals surface area contributed by atoms with Crippen LogP contribution in [0.3, 0.4) is 0 Å². The van der Waals surface area contributed by atoms with E-state index in [4.69, 9.17) is 10.8 Å². The second kappa shape index (κ2) is 6.64. The topological polar surface area (TPSA) is 110 Å². The molecule has 1 saturated heterocycles. The van der Waals surface area contributed by atoms with Gasteiger partial charge >= 0.3 is 0 Å². The largest absolute Gasteiger partial charge is 0.396 e. The van der Waals surface area contributed by atoms with Gasteiger partial charge < -0.3 is 10.8 Å². The van der Waals surface area contributed by atoms with Crippen molar-refractivity contribution in [2.45, 2.75) is 19.4 Å². The van der Waals surface area contributed by atoms with Crippen LogP contribution in [0.4, 0.5) is 5.69 Å². The van der Waals surface area contributed by atoms with Crippen LogP contribution in [0.25, 0.3) is 0 Å². The minimum Gasteiger partial charge on any atom is -0.396 e. The number of hydrogen-bond acceptors (Lipinski definition) is 5. The molecular weight excluding hydrogens is 274 g/mol. The zero-order chi connectivity index (χ0) is 15.4. The maximum atomic E-state index is 11.1. The van der Waals surface area contributed by atoms with Crippen molar-refractivity contribution in [3.8, 4) is 0 Å². The number of carbonyl (C=O) groups excluding carboxylic acids is 1. The number of rotatable bonds is 6. The Kier molecular flexibility index (Phi) is 4.87. The second-order valence-electron chi connectivity index (χ2n) is 5.37. The molecule has 0 radical (unpaired) electrons. The van der Waals surface area contributed by atoms with Gasteiger partial charge in [-0.25, -0.2) is 0 Å². The van der Waals surface area contributed by atoms with Crippen LogP contribution in [0.5, 0.6) is 0 Å². The number of hydrogen-bond donors (Lipinski definition) is 2. The number of likely N-dealkylation sites (tertiary alicyclic amines) is 1. The van der Waals surface area contributed by atoms with Crippen LogP contribution >= 0.6 is 0 Å². The van der Waals surface area contributed by atoms with E-state index in [1.54, 1.807) is 6.07 Å². The summed E-state index contributed by atoms with van der Waals surface area (Å²) in [6.45, 7) is 2.33. The first-order valence-corrected chi connectivity index (χ1v) is 6.91. The van der Waals surface area contributed by atoms with Gasteiger partial charge in [0.05, 0.1) is 4.92 Å². The lowest BCUT2D eigenvalue weighted by Gasteiger charge is -2.16. The molecule has 0 bridgehead atoms. The van der Waals surface area contributed by atoms with Crippen molar-refractivity contribution in [1.29, 1.82) is 0 Å². The van der Waals surface area contributed by atoms with Gasteiger partial charge in [-0.2, -0.15) is 0 Å². The lowest BCUT2D eigenvalue weighted by Crippen LogP contribution is -2.21. The van der Waals surface area contributed by atoms with Crippen molar-refractivity contribution in [3.63, 3.8) is 0 Å². The van der Waals surface area contributed by atoms with Gasteiger partial charge in [-0.15, -0.1) is 0 Å². The third-order valence-corrected chi connectivity index (χ3v) is 3.87. The van der Waals surface area contributed by atoms with E-state index in [1.165, 1.54) is 12.1 Å². The first-order chi connectivity index (χ1) is 10.0. The van der Waals surface area contributed by atoms with Crippen molar-refractivity contribution in [2.75, 3.05) is 19.7 Å². The molecule has 1 aliphatic rings. The van der Waals surface area contributed by atoms with Crippen molar-refractivity contribution < 1.29 is 14.8 Å². The van der Waals surface area contributed by atoms with Crippen molar-refractivity contribution in [2.24, 2.45) is 11.7 Å². The Morgan fingerprint density at radius 3 is 2.90 bits per heavy atom. The predicted octanol–water partition coefficient (Wildman–Crippen LogP) is 0.898. The highest BCUT2D eigenvalue weighted by Crippen LogP contribution is 2.26. The summed E-state index contributed by atoms with van der Waals surface area (Å²) in [5.74, 6) is -0.229.